The Labute approximate surface area is 125 Å². The summed E-state index contributed by atoms with van der Waals surface area (Å²) in [5.74, 6) is -0.0867. The normalized spacial score (nSPS) is 10.6. The first-order chi connectivity index (χ1) is 10.2. The van der Waals surface area contributed by atoms with Gasteiger partial charge >= 0.3 is 0 Å². The summed E-state index contributed by atoms with van der Waals surface area (Å²) in [6.07, 6.45) is 1.73. The van der Waals surface area contributed by atoms with Gasteiger partial charge in [-0.1, -0.05) is 32.0 Å². The van der Waals surface area contributed by atoms with Gasteiger partial charge < -0.3 is 11.1 Å². The van der Waals surface area contributed by atoms with Crippen molar-refractivity contribution in [2.24, 2.45) is 5.73 Å². The molecule has 2 aromatic rings. The van der Waals surface area contributed by atoms with Gasteiger partial charge in [-0.25, -0.2) is 0 Å². The summed E-state index contributed by atoms with van der Waals surface area (Å²) >= 11 is 0. The number of hydrogen-bond donors (Lipinski definition) is 2. The molecule has 0 aliphatic heterocycles. The summed E-state index contributed by atoms with van der Waals surface area (Å²) in [6, 6.07) is 9.63. The summed E-state index contributed by atoms with van der Waals surface area (Å²) in [4.78, 5) is 12.2. The van der Waals surface area contributed by atoms with Crippen molar-refractivity contribution in [3.05, 3.63) is 47.3 Å². The van der Waals surface area contributed by atoms with Crippen molar-refractivity contribution in [2.75, 3.05) is 5.32 Å². The molecule has 0 radical (unpaired) electrons. The minimum absolute atomic E-state index is 0.0867. The van der Waals surface area contributed by atoms with Crippen molar-refractivity contribution < 1.29 is 4.79 Å². The Morgan fingerprint density at radius 2 is 2.05 bits per heavy atom. The molecular formula is C16H22N4O. The first-order valence-corrected chi connectivity index (χ1v) is 7.31. The van der Waals surface area contributed by atoms with E-state index in [-0.39, 0.29) is 12.5 Å². The lowest BCUT2D eigenvalue weighted by Gasteiger charge is -2.10. The third kappa shape index (κ3) is 3.70. The SMILES string of the molecule is CCc1cc(CC)n(CC(=O)Nc2ccccc2CN)n1. The Kier molecular flexibility index (Phi) is 5.11. The Balaban J connectivity index is 2.09. The summed E-state index contributed by atoms with van der Waals surface area (Å²) in [6.45, 7) is 4.75. The fourth-order valence-electron chi connectivity index (χ4n) is 2.26. The van der Waals surface area contributed by atoms with E-state index in [4.69, 9.17) is 5.73 Å². The van der Waals surface area contributed by atoms with Crippen LogP contribution in [-0.2, 0) is 30.7 Å². The molecule has 0 spiro atoms. The first-order valence-electron chi connectivity index (χ1n) is 7.31. The first kappa shape index (κ1) is 15.3. The van der Waals surface area contributed by atoms with Gasteiger partial charge in [0, 0.05) is 17.9 Å². The number of nitrogens with two attached hydrogens (primary N) is 1. The molecule has 0 bridgehead atoms. The Bertz CT molecular complexity index is 618. The van der Waals surface area contributed by atoms with Crippen molar-refractivity contribution in [1.82, 2.24) is 9.78 Å². The maximum Gasteiger partial charge on any atom is 0.246 e. The molecule has 2 rings (SSSR count). The molecule has 0 aliphatic rings. The molecular weight excluding hydrogens is 264 g/mol. The van der Waals surface area contributed by atoms with Crippen LogP contribution in [0.5, 0.6) is 0 Å². The molecule has 112 valence electrons. The predicted molar refractivity (Wildman–Crippen MR) is 83.9 cm³/mol. The van der Waals surface area contributed by atoms with E-state index in [1.807, 2.05) is 24.3 Å². The van der Waals surface area contributed by atoms with Gasteiger partial charge in [0.25, 0.3) is 0 Å². The summed E-state index contributed by atoms with van der Waals surface area (Å²) in [7, 11) is 0. The lowest BCUT2D eigenvalue weighted by Crippen LogP contribution is -2.21. The van der Waals surface area contributed by atoms with Crippen LogP contribution in [0.3, 0.4) is 0 Å². The zero-order chi connectivity index (χ0) is 15.2. The molecule has 0 fully saturated rings. The van der Waals surface area contributed by atoms with E-state index in [2.05, 4.69) is 30.3 Å². The summed E-state index contributed by atoms with van der Waals surface area (Å²) in [5.41, 5.74) is 9.47. The van der Waals surface area contributed by atoms with E-state index in [0.29, 0.717) is 6.54 Å². The molecule has 1 aromatic carbocycles. The second-order valence-corrected chi connectivity index (χ2v) is 4.90. The molecule has 0 saturated carbocycles. The fourth-order valence-corrected chi connectivity index (χ4v) is 2.26. The zero-order valence-electron chi connectivity index (χ0n) is 12.6. The van der Waals surface area contributed by atoms with E-state index in [9.17, 15) is 4.79 Å². The van der Waals surface area contributed by atoms with E-state index in [1.54, 1.807) is 4.68 Å². The van der Waals surface area contributed by atoms with E-state index in [1.165, 1.54) is 0 Å². The number of aromatic nitrogens is 2. The number of para-hydroxylation sites is 1. The Hall–Kier alpha value is -2.14. The number of nitrogens with one attached hydrogen (secondary N) is 1. The quantitative estimate of drug-likeness (QED) is 0.854. The van der Waals surface area contributed by atoms with Crippen LogP contribution < -0.4 is 11.1 Å². The van der Waals surface area contributed by atoms with Gasteiger partial charge in [-0.2, -0.15) is 5.10 Å². The smallest absolute Gasteiger partial charge is 0.246 e. The van der Waals surface area contributed by atoms with Crippen molar-refractivity contribution in [2.45, 2.75) is 39.8 Å². The van der Waals surface area contributed by atoms with Crippen LogP contribution in [0.4, 0.5) is 5.69 Å². The van der Waals surface area contributed by atoms with Crippen LogP contribution in [0.25, 0.3) is 0 Å². The third-order valence-electron chi connectivity index (χ3n) is 3.44. The average molecular weight is 286 g/mol. The fraction of sp³-hybridized carbons (Fsp3) is 0.375. The number of nitrogens with zero attached hydrogens (tertiary/aromatic N) is 2. The molecule has 3 N–H and O–H groups in total. The third-order valence-corrected chi connectivity index (χ3v) is 3.44. The predicted octanol–water partition coefficient (Wildman–Crippen LogP) is 2.11. The molecule has 0 atom stereocenters. The van der Waals surface area contributed by atoms with Gasteiger partial charge in [-0.3, -0.25) is 9.48 Å². The number of benzene rings is 1. The van der Waals surface area contributed by atoms with Gasteiger partial charge in [-0.15, -0.1) is 0 Å². The zero-order valence-corrected chi connectivity index (χ0v) is 12.6. The van der Waals surface area contributed by atoms with Crippen molar-refractivity contribution >= 4 is 11.6 Å². The standard InChI is InChI=1S/C16H22N4O/c1-3-13-9-14(4-2)20(19-13)11-16(21)18-15-8-6-5-7-12(15)10-17/h5-9H,3-4,10-11,17H2,1-2H3,(H,18,21). The molecule has 1 heterocycles. The van der Waals surface area contributed by atoms with Crippen molar-refractivity contribution in [3.63, 3.8) is 0 Å². The van der Waals surface area contributed by atoms with E-state index >= 15 is 0 Å². The van der Waals surface area contributed by atoms with Crippen LogP contribution in [0.1, 0.15) is 30.8 Å². The van der Waals surface area contributed by atoms with Gasteiger partial charge in [0.1, 0.15) is 6.54 Å². The lowest BCUT2D eigenvalue weighted by molar-refractivity contribution is -0.116. The molecule has 21 heavy (non-hydrogen) atoms. The maximum absolute atomic E-state index is 12.2. The minimum atomic E-state index is -0.0867. The highest BCUT2D eigenvalue weighted by Gasteiger charge is 2.11. The molecule has 5 heteroatoms. The van der Waals surface area contributed by atoms with E-state index in [0.717, 1.165) is 35.5 Å². The minimum Gasteiger partial charge on any atom is -0.326 e. The van der Waals surface area contributed by atoms with Crippen LogP contribution >= 0.6 is 0 Å². The van der Waals surface area contributed by atoms with Gasteiger partial charge in [0.2, 0.25) is 5.91 Å². The number of hydrogen-bond acceptors (Lipinski definition) is 3. The van der Waals surface area contributed by atoms with Gasteiger partial charge in [-0.05, 0) is 30.5 Å². The van der Waals surface area contributed by atoms with Crippen molar-refractivity contribution in [3.8, 4) is 0 Å². The average Bonchev–Trinajstić information content (AvgIpc) is 2.89. The second kappa shape index (κ2) is 7.04. The molecule has 5 nitrogen and oxygen atoms in total. The van der Waals surface area contributed by atoms with Crippen LogP contribution in [0.15, 0.2) is 30.3 Å². The highest BCUT2D eigenvalue weighted by Crippen LogP contribution is 2.14. The number of amides is 1. The van der Waals surface area contributed by atoms with Crippen LogP contribution in [-0.4, -0.2) is 15.7 Å². The van der Waals surface area contributed by atoms with Gasteiger partial charge in [0.05, 0.1) is 5.69 Å². The van der Waals surface area contributed by atoms with Gasteiger partial charge in [0.15, 0.2) is 0 Å². The van der Waals surface area contributed by atoms with Crippen LogP contribution in [0.2, 0.25) is 0 Å². The summed E-state index contributed by atoms with van der Waals surface area (Å²) < 4.78 is 1.78. The lowest BCUT2D eigenvalue weighted by atomic mass is 10.2. The molecule has 1 aromatic heterocycles. The number of rotatable bonds is 6. The summed E-state index contributed by atoms with van der Waals surface area (Å²) in [5, 5.41) is 7.36. The largest absolute Gasteiger partial charge is 0.326 e. The van der Waals surface area contributed by atoms with Crippen LogP contribution in [0, 0.1) is 0 Å². The highest BCUT2D eigenvalue weighted by atomic mass is 16.2. The Morgan fingerprint density at radius 1 is 1.29 bits per heavy atom. The number of anilines is 1. The number of aryl methyl sites for hydroxylation is 2. The molecule has 0 aliphatic carbocycles. The number of carbonyl (C=O) groups is 1. The van der Waals surface area contributed by atoms with E-state index < -0.39 is 0 Å². The topological polar surface area (TPSA) is 72.9 Å². The number of carbonyl (C=O) groups excluding carboxylic acids is 1. The molecule has 0 unspecified atom stereocenters. The highest BCUT2D eigenvalue weighted by molar-refractivity contribution is 5.91. The monoisotopic (exact) mass is 286 g/mol. The maximum atomic E-state index is 12.2. The molecule has 1 amide bonds. The van der Waals surface area contributed by atoms with Crippen molar-refractivity contribution in [1.29, 1.82) is 0 Å². The Morgan fingerprint density at radius 3 is 2.71 bits per heavy atom. The second-order valence-electron chi connectivity index (χ2n) is 4.90. The molecule has 0 saturated heterocycles.